The molecular weight excluding hydrogens is 275 g/mol. The molecule has 4 N–H and O–H groups in total. The van der Waals surface area contributed by atoms with Gasteiger partial charge in [0, 0.05) is 18.5 Å². The van der Waals surface area contributed by atoms with Crippen molar-refractivity contribution >= 4 is 11.8 Å². The highest BCUT2D eigenvalue weighted by molar-refractivity contribution is 5.96. The SMILES string of the molecule is NC(=O)CCCCNC(=O)c1ccc(F)cc1C#CCO. The Kier molecular flexibility index (Phi) is 6.92. The van der Waals surface area contributed by atoms with Crippen LogP contribution in [0.4, 0.5) is 4.39 Å². The lowest BCUT2D eigenvalue weighted by atomic mass is 10.1. The van der Waals surface area contributed by atoms with Crippen molar-refractivity contribution in [2.24, 2.45) is 5.73 Å². The number of primary amides is 1. The van der Waals surface area contributed by atoms with E-state index in [2.05, 4.69) is 17.2 Å². The second-order valence-electron chi connectivity index (χ2n) is 4.33. The van der Waals surface area contributed by atoms with E-state index in [0.29, 0.717) is 19.4 Å². The fourth-order valence-electron chi connectivity index (χ4n) is 1.67. The summed E-state index contributed by atoms with van der Waals surface area (Å²) in [6, 6.07) is 3.66. The maximum atomic E-state index is 13.2. The maximum Gasteiger partial charge on any atom is 0.252 e. The number of carbonyl (C=O) groups is 2. The van der Waals surface area contributed by atoms with Crippen LogP contribution in [0.25, 0.3) is 0 Å². The number of benzene rings is 1. The summed E-state index contributed by atoms with van der Waals surface area (Å²) in [6.07, 6.45) is 1.49. The molecule has 5 nitrogen and oxygen atoms in total. The van der Waals surface area contributed by atoms with E-state index >= 15 is 0 Å². The van der Waals surface area contributed by atoms with E-state index in [-0.39, 0.29) is 36.0 Å². The smallest absolute Gasteiger partial charge is 0.252 e. The highest BCUT2D eigenvalue weighted by Gasteiger charge is 2.10. The van der Waals surface area contributed by atoms with E-state index in [9.17, 15) is 14.0 Å². The van der Waals surface area contributed by atoms with Crippen molar-refractivity contribution in [1.82, 2.24) is 5.32 Å². The highest BCUT2D eigenvalue weighted by Crippen LogP contribution is 2.10. The number of amides is 2. The van der Waals surface area contributed by atoms with Gasteiger partial charge in [-0.2, -0.15) is 0 Å². The summed E-state index contributed by atoms with van der Waals surface area (Å²) in [6.45, 7) is 0.0149. The van der Waals surface area contributed by atoms with Gasteiger partial charge in [-0.15, -0.1) is 0 Å². The molecule has 0 radical (unpaired) electrons. The van der Waals surface area contributed by atoms with E-state index in [4.69, 9.17) is 10.8 Å². The first-order valence-corrected chi connectivity index (χ1v) is 6.50. The number of hydrogen-bond donors (Lipinski definition) is 3. The van der Waals surface area contributed by atoms with Crippen LogP contribution in [-0.4, -0.2) is 30.1 Å². The number of hydrogen-bond acceptors (Lipinski definition) is 3. The first-order valence-electron chi connectivity index (χ1n) is 6.50. The van der Waals surface area contributed by atoms with E-state index in [1.165, 1.54) is 12.1 Å². The lowest BCUT2D eigenvalue weighted by Crippen LogP contribution is -2.25. The number of unbranched alkanes of at least 4 members (excludes halogenated alkanes) is 1. The summed E-state index contributed by atoms with van der Waals surface area (Å²) in [5.74, 6) is 3.67. The quantitative estimate of drug-likeness (QED) is 0.528. The molecule has 0 heterocycles. The number of halogens is 1. The fraction of sp³-hybridized carbons (Fsp3) is 0.333. The Bertz CT molecular complexity index is 576. The summed E-state index contributed by atoms with van der Waals surface area (Å²) in [7, 11) is 0. The average molecular weight is 292 g/mol. The summed E-state index contributed by atoms with van der Waals surface area (Å²) in [4.78, 5) is 22.5. The maximum absolute atomic E-state index is 13.2. The second kappa shape index (κ2) is 8.72. The minimum absolute atomic E-state index is 0.221. The molecule has 1 rings (SSSR count). The van der Waals surface area contributed by atoms with Gasteiger partial charge in [0.05, 0.1) is 5.56 Å². The molecule has 0 aliphatic rings. The molecule has 0 fully saturated rings. The molecule has 0 aromatic heterocycles. The highest BCUT2D eigenvalue weighted by atomic mass is 19.1. The zero-order chi connectivity index (χ0) is 15.7. The van der Waals surface area contributed by atoms with Gasteiger partial charge in [0.1, 0.15) is 12.4 Å². The normalized spacial score (nSPS) is 9.62. The molecule has 0 atom stereocenters. The van der Waals surface area contributed by atoms with Crippen molar-refractivity contribution in [2.45, 2.75) is 19.3 Å². The largest absolute Gasteiger partial charge is 0.384 e. The third-order valence-electron chi connectivity index (χ3n) is 2.66. The van der Waals surface area contributed by atoms with Crippen LogP contribution >= 0.6 is 0 Å². The monoisotopic (exact) mass is 292 g/mol. The molecule has 0 saturated heterocycles. The van der Waals surface area contributed by atoms with Crippen LogP contribution in [0.5, 0.6) is 0 Å². The van der Waals surface area contributed by atoms with Gasteiger partial charge < -0.3 is 16.2 Å². The van der Waals surface area contributed by atoms with Gasteiger partial charge in [-0.25, -0.2) is 4.39 Å². The van der Waals surface area contributed by atoms with Crippen molar-refractivity contribution in [2.75, 3.05) is 13.2 Å². The van der Waals surface area contributed by atoms with Crippen LogP contribution in [0.1, 0.15) is 35.2 Å². The van der Waals surface area contributed by atoms with Crippen LogP contribution in [0, 0.1) is 17.7 Å². The van der Waals surface area contributed by atoms with E-state index in [1.54, 1.807) is 0 Å². The van der Waals surface area contributed by atoms with Gasteiger partial charge in [0.2, 0.25) is 5.91 Å². The molecule has 6 heteroatoms. The van der Waals surface area contributed by atoms with Crippen molar-refractivity contribution in [1.29, 1.82) is 0 Å². The molecule has 0 spiro atoms. The molecule has 0 aliphatic carbocycles. The van der Waals surface area contributed by atoms with Crippen LogP contribution in [-0.2, 0) is 4.79 Å². The van der Waals surface area contributed by atoms with Gasteiger partial charge in [0.25, 0.3) is 5.91 Å². The molecule has 0 unspecified atom stereocenters. The molecule has 0 bridgehead atoms. The molecule has 0 saturated carbocycles. The third-order valence-corrected chi connectivity index (χ3v) is 2.66. The average Bonchev–Trinajstić information content (AvgIpc) is 2.44. The summed E-state index contributed by atoms with van der Waals surface area (Å²) >= 11 is 0. The van der Waals surface area contributed by atoms with Gasteiger partial charge >= 0.3 is 0 Å². The number of nitrogens with one attached hydrogen (secondary N) is 1. The van der Waals surface area contributed by atoms with Crippen molar-refractivity contribution in [3.05, 3.63) is 35.1 Å². The predicted molar refractivity (Wildman–Crippen MR) is 75.7 cm³/mol. The molecule has 112 valence electrons. The third kappa shape index (κ3) is 6.06. The molecule has 1 aromatic rings. The van der Waals surface area contributed by atoms with E-state index in [1.807, 2.05) is 0 Å². The Labute approximate surface area is 122 Å². The number of aliphatic hydroxyl groups is 1. The first-order chi connectivity index (χ1) is 10.0. The lowest BCUT2D eigenvalue weighted by molar-refractivity contribution is -0.118. The lowest BCUT2D eigenvalue weighted by Gasteiger charge is -2.07. The number of rotatable bonds is 6. The molecule has 21 heavy (non-hydrogen) atoms. The van der Waals surface area contributed by atoms with Crippen LogP contribution < -0.4 is 11.1 Å². The van der Waals surface area contributed by atoms with E-state index < -0.39 is 5.82 Å². The number of carbonyl (C=O) groups excluding carboxylic acids is 2. The van der Waals surface area contributed by atoms with Crippen molar-refractivity contribution in [3.8, 4) is 11.8 Å². The number of nitrogens with two attached hydrogens (primary N) is 1. The minimum atomic E-state index is -0.504. The van der Waals surface area contributed by atoms with Crippen molar-refractivity contribution < 1.29 is 19.1 Å². The topological polar surface area (TPSA) is 92.4 Å². The van der Waals surface area contributed by atoms with Gasteiger partial charge in [-0.05, 0) is 31.0 Å². The first kappa shape index (κ1) is 16.7. The van der Waals surface area contributed by atoms with Crippen LogP contribution in [0.3, 0.4) is 0 Å². The summed E-state index contributed by atoms with van der Waals surface area (Å²) in [5, 5.41) is 11.3. The Morgan fingerprint density at radius 2 is 2.10 bits per heavy atom. The molecule has 1 aromatic carbocycles. The fourth-order valence-corrected chi connectivity index (χ4v) is 1.67. The Morgan fingerprint density at radius 1 is 1.33 bits per heavy atom. The van der Waals surface area contributed by atoms with Crippen LogP contribution in [0.2, 0.25) is 0 Å². The predicted octanol–water partition coefficient (Wildman–Crippen LogP) is 0.555. The Hall–Kier alpha value is -2.39. The zero-order valence-electron chi connectivity index (χ0n) is 11.5. The number of aliphatic hydroxyl groups excluding tert-OH is 1. The van der Waals surface area contributed by atoms with Crippen molar-refractivity contribution in [3.63, 3.8) is 0 Å². The molecule has 2 amide bonds. The minimum Gasteiger partial charge on any atom is -0.384 e. The van der Waals surface area contributed by atoms with E-state index in [0.717, 1.165) is 6.07 Å². The summed E-state index contributed by atoms with van der Waals surface area (Å²) < 4.78 is 13.2. The Morgan fingerprint density at radius 3 is 2.76 bits per heavy atom. The van der Waals surface area contributed by atoms with Crippen LogP contribution in [0.15, 0.2) is 18.2 Å². The zero-order valence-corrected chi connectivity index (χ0v) is 11.5. The van der Waals surface area contributed by atoms with Gasteiger partial charge in [0.15, 0.2) is 0 Å². The molecule has 0 aliphatic heterocycles. The summed E-state index contributed by atoms with van der Waals surface area (Å²) in [5.41, 5.74) is 5.47. The standard InChI is InChI=1S/C15H17FN2O3/c16-12-6-7-13(11(10-12)4-3-9-19)15(21)18-8-2-1-5-14(17)20/h6-7,10,19H,1-2,5,8-9H2,(H2,17,20)(H,18,21). The Balaban J connectivity index is 2.63. The second-order valence-corrected chi connectivity index (χ2v) is 4.33. The van der Waals surface area contributed by atoms with Gasteiger partial charge in [-0.1, -0.05) is 11.8 Å². The van der Waals surface area contributed by atoms with Gasteiger partial charge in [-0.3, -0.25) is 9.59 Å². The molecular formula is C15H17FN2O3.